The Bertz CT molecular complexity index is 409. The van der Waals surface area contributed by atoms with Gasteiger partial charge in [-0.3, -0.25) is 0 Å². The van der Waals surface area contributed by atoms with Crippen molar-refractivity contribution < 1.29 is 9.47 Å². The van der Waals surface area contributed by atoms with Gasteiger partial charge in [0.1, 0.15) is 11.5 Å². The third-order valence-corrected chi connectivity index (χ3v) is 3.80. The fraction of sp³-hybridized carbons (Fsp3) is 0.571. The van der Waals surface area contributed by atoms with Crippen LogP contribution in [-0.2, 0) is 6.42 Å². The van der Waals surface area contributed by atoms with Gasteiger partial charge in [0, 0.05) is 6.07 Å². The molecule has 1 aromatic rings. The van der Waals surface area contributed by atoms with Crippen molar-refractivity contribution in [2.45, 2.75) is 13.3 Å². The summed E-state index contributed by atoms with van der Waals surface area (Å²) in [5, 5.41) is 0.586. The van der Waals surface area contributed by atoms with Crippen LogP contribution in [0.25, 0.3) is 0 Å². The Balaban J connectivity index is 2.96. The second-order valence-electron chi connectivity index (χ2n) is 4.71. The van der Waals surface area contributed by atoms with Gasteiger partial charge in [0.05, 0.1) is 19.2 Å². The first-order valence-corrected chi connectivity index (χ1v) is 6.75. The minimum Gasteiger partial charge on any atom is -0.496 e. The first-order valence-electron chi connectivity index (χ1n) is 6.37. The molecule has 4 N–H and O–H groups in total. The minimum atomic E-state index is 0.297. The second kappa shape index (κ2) is 7.58. The van der Waals surface area contributed by atoms with Gasteiger partial charge >= 0.3 is 0 Å². The fourth-order valence-corrected chi connectivity index (χ4v) is 2.42. The van der Waals surface area contributed by atoms with Gasteiger partial charge in [-0.05, 0) is 43.0 Å². The molecule has 4 nitrogen and oxygen atoms in total. The molecule has 1 aromatic carbocycles. The number of methoxy groups -OCH3 is 2. The van der Waals surface area contributed by atoms with E-state index in [1.165, 1.54) is 0 Å². The summed E-state index contributed by atoms with van der Waals surface area (Å²) in [6.45, 7) is 3.32. The predicted octanol–water partition coefficient (Wildman–Crippen LogP) is 2.07. The number of hydrogen-bond donors (Lipinski definition) is 2. The number of ether oxygens (including phenoxy) is 2. The standard InChI is InChI=1S/C14H23ClN2O2/c1-9(11(7-16)8-17)4-10-5-12(15)14(19-3)6-13(10)18-2/h5-6,9,11H,4,7-8,16-17H2,1-3H3. The van der Waals surface area contributed by atoms with Crippen LogP contribution in [0.15, 0.2) is 12.1 Å². The average molecular weight is 287 g/mol. The highest BCUT2D eigenvalue weighted by Gasteiger charge is 2.18. The molecule has 1 rings (SSSR count). The van der Waals surface area contributed by atoms with Crippen LogP contribution in [0.3, 0.4) is 0 Å². The molecule has 0 heterocycles. The van der Waals surface area contributed by atoms with Crippen molar-refractivity contribution in [2.75, 3.05) is 27.3 Å². The van der Waals surface area contributed by atoms with Gasteiger partial charge in [-0.1, -0.05) is 18.5 Å². The molecule has 0 fully saturated rings. The summed E-state index contributed by atoms with van der Waals surface area (Å²) >= 11 is 6.16. The molecular weight excluding hydrogens is 264 g/mol. The van der Waals surface area contributed by atoms with Crippen molar-refractivity contribution in [3.8, 4) is 11.5 Å². The number of nitrogens with two attached hydrogens (primary N) is 2. The summed E-state index contributed by atoms with van der Waals surface area (Å²) in [6, 6.07) is 3.70. The van der Waals surface area contributed by atoms with Gasteiger partial charge < -0.3 is 20.9 Å². The SMILES string of the molecule is COc1cc(OC)c(CC(C)C(CN)CN)cc1Cl. The van der Waals surface area contributed by atoms with Crippen LogP contribution in [0.2, 0.25) is 5.02 Å². The highest BCUT2D eigenvalue weighted by Crippen LogP contribution is 2.34. The zero-order valence-corrected chi connectivity index (χ0v) is 12.5. The van der Waals surface area contributed by atoms with E-state index < -0.39 is 0 Å². The molecule has 1 unspecified atom stereocenters. The lowest BCUT2D eigenvalue weighted by atomic mass is 9.88. The Morgan fingerprint density at radius 1 is 1.11 bits per heavy atom. The Morgan fingerprint density at radius 2 is 1.68 bits per heavy atom. The molecule has 108 valence electrons. The zero-order chi connectivity index (χ0) is 14.4. The van der Waals surface area contributed by atoms with Crippen molar-refractivity contribution in [3.63, 3.8) is 0 Å². The molecule has 0 aliphatic carbocycles. The van der Waals surface area contributed by atoms with Crippen molar-refractivity contribution in [1.29, 1.82) is 0 Å². The Morgan fingerprint density at radius 3 is 2.16 bits per heavy atom. The summed E-state index contributed by atoms with van der Waals surface area (Å²) in [4.78, 5) is 0. The van der Waals surface area contributed by atoms with Gasteiger partial charge in [0.2, 0.25) is 0 Å². The molecule has 0 radical (unpaired) electrons. The molecule has 1 atom stereocenters. The number of hydrogen-bond acceptors (Lipinski definition) is 4. The van der Waals surface area contributed by atoms with Gasteiger partial charge in [0.25, 0.3) is 0 Å². The zero-order valence-electron chi connectivity index (χ0n) is 11.8. The van der Waals surface area contributed by atoms with Crippen molar-refractivity contribution in [1.82, 2.24) is 0 Å². The van der Waals surface area contributed by atoms with E-state index >= 15 is 0 Å². The molecule has 0 saturated heterocycles. The van der Waals surface area contributed by atoms with Gasteiger partial charge in [-0.15, -0.1) is 0 Å². The Labute approximate surface area is 120 Å². The molecule has 19 heavy (non-hydrogen) atoms. The maximum atomic E-state index is 6.16. The number of halogens is 1. The predicted molar refractivity (Wildman–Crippen MR) is 79.0 cm³/mol. The summed E-state index contributed by atoms with van der Waals surface area (Å²) in [7, 11) is 3.22. The van der Waals surface area contributed by atoms with Gasteiger partial charge in [-0.2, -0.15) is 0 Å². The second-order valence-corrected chi connectivity index (χ2v) is 5.12. The summed E-state index contributed by atoms with van der Waals surface area (Å²) in [6.07, 6.45) is 0.825. The molecule has 5 heteroatoms. The lowest BCUT2D eigenvalue weighted by Gasteiger charge is -2.22. The lowest BCUT2D eigenvalue weighted by molar-refractivity contribution is 0.358. The summed E-state index contributed by atoms with van der Waals surface area (Å²) < 4.78 is 10.6. The van der Waals surface area contributed by atoms with Crippen LogP contribution < -0.4 is 20.9 Å². The van der Waals surface area contributed by atoms with Crippen molar-refractivity contribution in [3.05, 3.63) is 22.7 Å². The smallest absolute Gasteiger partial charge is 0.141 e. The first-order chi connectivity index (χ1) is 9.07. The molecule has 0 spiro atoms. The van der Waals surface area contributed by atoms with Gasteiger partial charge in [-0.25, -0.2) is 0 Å². The van der Waals surface area contributed by atoms with Crippen LogP contribution in [0.5, 0.6) is 11.5 Å². The molecule has 0 amide bonds. The molecule has 0 aromatic heterocycles. The lowest BCUT2D eigenvalue weighted by Crippen LogP contribution is -2.30. The van der Waals surface area contributed by atoms with E-state index in [0.29, 0.717) is 35.7 Å². The molecule has 0 aliphatic rings. The normalized spacial score (nSPS) is 12.6. The van der Waals surface area contributed by atoms with Crippen molar-refractivity contribution >= 4 is 11.6 Å². The van der Waals surface area contributed by atoms with Crippen molar-refractivity contribution in [2.24, 2.45) is 23.3 Å². The Kier molecular flexibility index (Phi) is 6.42. The van der Waals surface area contributed by atoms with Crippen LogP contribution in [0.1, 0.15) is 12.5 Å². The highest BCUT2D eigenvalue weighted by atomic mass is 35.5. The van der Waals surface area contributed by atoms with Crippen LogP contribution in [0, 0.1) is 11.8 Å². The molecular formula is C14H23ClN2O2. The van der Waals surface area contributed by atoms with E-state index in [0.717, 1.165) is 17.7 Å². The van der Waals surface area contributed by atoms with Gasteiger partial charge in [0.15, 0.2) is 0 Å². The largest absolute Gasteiger partial charge is 0.496 e. The molecule has 0 aliphatic heterocycles. The summed E-state index contributed by atoms with van der Waals surface area (Å²) in [5.41, 5.74) is 12.5. The van der Waals surface area contributed by atoms with Crippen LogP contribution in [-0.4, -0.2) is 27.3 Å². The minimum absolute atomic E-state index is 0.297. The number of rotatable bonds is 7. The maximum absolute atomic E-state index is 6.16. The maximum Gasteiger partial charge on any atom is 0.141 e. The fourth-order valence-electron chi connectivity index (χ4n) is 2.16. The van der Waals surface area contributed by atoms with E-state index in [1.807, 2.05) is 12.1 Å². The van der Waals surface area contributed by atoms with Crippen LogP contribution in [0.4, 0.5) is 0 Å². The van der Waals surface area contributed by atoms with Crippen LogP contribution >= 0.6 is 11.6 Å². The van der Waals surface area contributed by atoms with E-state index in [2.05, 4.69) is 6.92 Å². The average Bonchev–Trinajstić information content (AvgIpc) is 2.40. The monoisotopic (exact) mass is 286 g/mol. The third-order valence-electron chi connectivity index (χ3n) is 3.51. The first kappa shape index (κ1) is 16.1. The number of benzene rings is 1. The van der Waals surface area contributed by atoms with E-state index in [1.54, 1.807) is 14.2 Å². The topological polar surface area (TPSA) is 70.5 Å². The third kappa shape index (κ3) is 4.00. The van der Waals surface area contributed by atoms with E-state index in [9.17, 15) is 0 Å². The summed E-state index contributed by atoms with van der Waals surface area (Å²) in [5.74, 6) is 2.06. The Hall–Kier alpha value is -0.970. The van der Waals surface area contributed by atoms with E-state index in [-0.39, 0.29) is 0 Å². The quantitative estimate of drug-likeness (QED) is 0.805. The molecule has 0 saturated carbocycles. The molecule has 0 bridgehead atoms. The van der Waals surface area contributed by atoms with E-state index in [4.69, 9.17) is 32.5 Å². The highest BCUT2D eigenvalue weighted by molar-refractivity contribution is 6.32.